The van der Waals surface area contributed by atoms with Crippen molar-refractivity contribution in [2.24, 2.45) is 0 Å². The van der Waals surface area contributed by atoms with Gasteiger partial charge in [0.15, 0.2) is 0 Å². The van der Waals surface area contributed by atoms with Gasteiger partial charge in [-0.1, -0.05) is 208 Å². The fourth-order valence-electron chi connectivity index (χ4n) is 7.28. The van der Waals surface area contributed by atoms with E-state index in [0.717, 1.165) is 77.0 Å². The molecule has 0 saturated heterocycles. The fourth-order valence-corrected chi connectivity index (χ4v) is 8.02. The second kappa shape index (κ2) is 48.6. The monoisotopic (exact) mass is 984 g/mol. The van der Waals surface area contributed by atoms with Gasteiger partial charge in [0.25, 0.3) is 0 Å². The van der Waals surface area contributed by atoms with Gasteiger partial charge in [-0.3, -0.25) is 18.6 Å². The van der Waals surface area contributed by atoms with Crippen molar-refractivity contribution < 1.29 is 37.3 Å². The summed E-state index contributed by atoms with van der Waals surface area (Å²) in [5.41, 5.74) is 0. The number of nitrogens with one attached hydrogen (secondary N) is 1. The van der Waals surface area contributed by atoms with E-state index in [0.29, 0.717) is 23.9 Å². The Labute approximate surface area is 424 Å². The molecule has 3 unspecified atom stereocenters. The van der Waals surface area contributed by atoms with Crippen LogP contribution in [-0.4, -0.2) is 74.3 Å². The number of hydrogen-bond acceptors (Lipinski definition) is 6. The van der Waals surface area contributed by atoms with Gasteiger partial charge in [-0.2, -0.15) is 0 Å². The predicted octanol–water partition coefficient (Wildman–Crippen LogP) is 16.4. The highest BCUT2D eigenvalue weighted by molar-refractivity contribution is 7.47. The summed E-state index contributed by atoms with van der Waals surface area (Å²) < 4.78 is 30.5. The van der Waals surface area contributed by atoms with E-state index in [1.165, 1.54) is 89.9 Å². The van der Waals surface area contributed by atoms with Gasteiger partial charge < -0.3 is 19.4 Å². The third-order valence-electron chi connectivity index (χ3n) is 11.6. The number of carbonyl (C=O) groups excluding carboxylic acids is 2. The van der Waals surface area contributed by atoms with Gasteiger partial charge >= 0.3 is 13.8 Å². The minimum Gasteiger partial charge on any atom is -0.456 e. The first-order valence-electron chi connectivity index (χ1n) is 27.6. The van der Waals surface area contributed by atoms with E-state index >= 15 is 0 Å². The number of phosphoric ester groups is 1. The quantitative estimate of drug-likeness (QED) is 0.0156. The molecular formula is C59H104N2O7P+. The first kappa shape index (κ1) is 65.9. The molecule has 10 heteroatoms. The van der Waals surface area contributed by atoms with Gasteiger partial charge in [-0.25, -0.2) is 4.57 Å². The lowest BCUT2D eigenvalue weighted by molar-refractivity contribution is -0.870. The molecule has 396 valence electrons. The molecule has 0 rings (SSSR count). The van der Waals surface area contributed by atoms with Crippen LogP contribution in [0.15, 0.2) is 97.2 Å². The second-order valence-corrected chi connectivity index (χ2v) is 20.9. The van der Waals surface area contributed by atoms with Crippen LogP contribution in [0.4, 0.5) is 0 Å². The summed E-state index contributed by atoms with van der Waals surface area (Å²) in [5.74, 6) is -0.593. The summed E-state index contributed by atoms with van der Waals surface area (Å²) in [6.07, 6.45) is 64.1. The van der Waals surface area contributed by atoms with Crippen molar-refractivity contribution in [2.75, 3.05) is 40.9 Å². The normalized spacial score (nSPS) is 14.6. The van der Waals surface area contributed by atoms with Crippen LogP contribution in [0, 0.1) is 0 Å². The Hall–Kier alpha value is -3.07. The maximum atomic E-state index is 13.4. The number of hydrogen-bond donors (Lipinski definition) is 2. The van der Waals surface area contributed by atoms with E-state index in [1.54, 1.807) is 0 Å². The van der Waals surface area contributed by atoms with E-state index in [-0.39, 0.29) is 37.9 Å². The number of quaternary nitrogens is 1. The molecule has 0 bridgehead atoms. The number of amides is 1. The van der Waals surface area contributed by atoms with Gasteiger partial charge in [0.1, 0.15) is 19.3 Å². The Bertz CT molecular complexity index is 1510. The third kappa shape index (κ3) is 49.7. The number of carbonyl (C=O) groups is 2. The van der Waals surface area contributed by atoms with Gasteiger partial charge in [-0.15, -0.1) is 0 Å². The number of phosphoric acid groups is 1. The van der Waals surface area contributed by atoms with E-state index in [1.807, 2.05) is 33.3 Å². The Morgan fingerprint density at radius 2 is 1.00 bits per heavy atom. The molecule has 0 aromatic rings. The second-order valence-electron chi connectivity index (χ2n) is 19.4. The van der Waals surface area contributed by atoms with E-state index < -0.39 is 20.0 Å². The summed E-state index contributed by atoms with van der Waals surface area (Å²) in [6, 6.07) is -0.886. The Morgan fingerprint density at radius 1 is 0.536 bits per heavy atom. The van der Waals surface area contributed by atoms with Crippen molar-refractivity contribution in [1.82, 2.24) is 5.32 Å². The van der Waals surface area contributed by atoms with Gasteiger partial charge in [-0.05, 0) is 89.5 Å². The molecule has 0 aliphatic rings. The van der Waals surface area contributed by atoms with Gasteiger partial charge in [0.05, 0.1) is 33.8 Å². The zero-order valence-electron chi connectivity index (χ0n) is 45.0. The maximum Gasteiger partial charge on any atom is 0.472 e. The smallest absolute Gasteiger partial charge is 0.456 e. The molecule has 0 aromatic carbocycles. The maximum absolute atomic E-state index is 13.4. The highest BCUT2D eigenvalue weighted by Crippen LogP contribution is 2.43. The van der Waals surface area contributed by atoms with Crippen LogP contribution in [0.25, 0.3) is 0 Å². The topological polar surface area (TPSA) is 111 Å². The molecule has 3 atom stereocenters. The molecule has 0 radical (unpaired) electrons. The van der Waals surface area contributed by atoms with Gasteiger partial charge in [0.2, 0.25) is 5.91 Å². The lowest BCUT2D eigenvalue weighted by atomic mass is 10.1. The Kier molecular flexibility index (Phi) is 46.4. The van der Waals surface area contributed by atoms with Crippen molar-refractivity contribution in [3.8, 4) is 0 Å². The SMILES string of the molecule is CC/C=C/C=C/C=C/CCCCCCCCCC(=O)OC(/C=C/CCCCCCCCCCC)C(COP(=O)(O)OCC[N+](C)(C)C)NC(=O)CCC/C=C\C/C=C\C/C=C\C/C=C\CCCCC. The van der Waals surface area contributed by atoms with Crippen LogP contribution in [0.1, 0.15) is 213 Å². The number of nitrogens with zero attached hydrogens (tertiary/aromatic N) is 1. The largest absolute Gasteiger partial charge is 0.472 e. The average molecular weight is 984 g/mol. The van der Waals surface area contributed by atoms with Crippen LogP contribution in [0.5, 0.6) is 0 Å². The zero-order chi connectivity index (χ0) is 50.8. The summed E-state index contributed by atoms with van der Waals surface area (Å²) in [7, 11) is 1.44. The van der Waals surface area contributed by atoms with Crippen LogP contribution >= 0.6 is 7.82 Å². The molecule has 2 N–H and O–H groups in total. The summed E-state index contributed by atoms with van der Waals surface area (Å²) in [6.45, 7) is 6.77. The summed E-state index contributed by atoms with van der Waals surface area (Å²) >= 11 is 0. The molecule has 0 aliphatic heterocycles. The first-order chi connectivity index (χ1) is 33.4. The zero-order valence-corrected chi connectivity index (χ0v) is 45.9. The Morgan fingerprint density at radius 3 is 1.57 bits per heavy atom. The van der Waals surface area contributed by atoms with Crippen LogP contribution < -0.4 is 5.32 Å². The number of rotatable bonds is 48. The van der Waals surface area contributed by atoms with Crippen LogP contribution in [0.3, 0.4) is 0 Å². The van der Waals surface area contributed by atoms with E-state index in [9.17, 15) is 19.0 Å². The average Bonchev–Trinajstić information content (AvgIpc) is 3.31. The highest BCUT2D eigenvalue weighted by Gasteiger charge is 2.30. The highest BCUT2D eigenvalue weighted by atomic mass is 31.2. The van der Waals surface area contributed by atoms with Crippen molar-refractivity contribution in [1.29, 1.82) is 0 Å². The molecule has 9 nitrogen and oxygen atoms in total. The predicted molar refractivity (Wildman–Crippen MR) is 295 cm³/mol. The van der Waals surface area contributed by atoms with Gasteiger partial charge in [0, 0.05) is 12.8 Å². The van der Waals surface area contributed by atoms with E-state index in [2.05, 4.69) is 111 Å². The standard InChI is InChI=1S/C59H103N2O7P/c1-7-10-13-16-19-22-25-27-29-30-32-33-36-39-42-45-48-51-58(62)60-56(55-67-69(64,65)66-54-53-61(4,5)6)57(50-47-44-41-38-35-24-21-18-15-12-9-3)68-59(63)52-49-46-43-40-37-34-31-28-26-23-20-17-14-11-8-2/h11,14,17,19-20,22-23,26-27,29,32-33,39,42,47,50,56-57H,7-10,12-13,15-16,18,21,24-25,28,30-31,34-38,40-41,43-46,48-49,51-55H2,1-6H3,(H-,60,62,64,65)/p+1/b14-11+,20-17+,22-19-,26-23+,29-27-,33-32-,42-39-,50-47+. The first-order valence-corrected chi connectivity index (χ1v) is 29.1. The lowest BCUT2D eigenvalue weighted by Gasteiger charge is -2.27. The van der Waals surface area contributed by atoms with Crippen molar-refractivity contribution in [3.05, 3.63) is 97.2 Å². The number of esters is 1. The molecule has 0 spiro atoms. The summed E-state index contributed by atoms with van der Waals surface area (Å²) in [5, 5.41) is 3.00. The minimum absolute atomic E-state index is 0.0232. The molecule has 0 aromatic heterocycles. The molecule has 0 heterocycles. The summed E-state index contributed by atoms with van der Waals surface area (Å²) in [4.78, 5) is 37.5. The van der Waals surface area contributed by atoms with Crippen molar-refractivity contribution >= 4 is 19.7 Å². The lowest BCUT2D eigenvalue weighted by Crippen LogP contribution is -2.47. The van der Waals surface area contributed by atoms with E-state index in [4.69, 9.17) is 13.8 Å². The van der Waals surface area contributed by atoms with Crippen LogP contribution in [-0.2, 0) is 27.9 Å². The van der Waals surface area contributed by atoms with Crippen molar-refractivity contribution in [2.45, 2.75) is 226 Å². The number of allylic oxidation sites excluding steroid dienone is 15. The number of unbranched alkanes of at least 4 members (excludes halogenated alkanes) is 20. The molecule has 0 fully saturated rings. The third-order valence-corrected chi connectivity index (χ3v) is 12.6. The van der Waals surface area contributed by atoms with Crippen LogP contribution in [0.2, 0.25) is 0 Å². The molecule has 69 heavy (non-hydrogen) atoms. The molecule has 0 aliphatic carbocycles. The molecular weight excluding hydrogens is 880 g/mol. The van der Waals surface area contributed by atoms with Crippen molar-refractivity contribution in [3.63, 3.8) is 0 Å². The fraction of sp³-hybridized carbons (Fsp3) is 0.695. The Balaban J connectivity index is 5.47. The molecule has 0 saturated carbocycles. The number of ether oxygens (including phenoxy) is 1. The number of likely N-dealkylation sites (N-methyl/N-ethyl adjacent to an activating group) is 1. The molecule has 1 amide bonds. The minimum atomic E-state index is -4.46.